The summed E-state index contributed by atoms with van der Waals surface area (Å²) < 4.78 is 10.1. The van der Waals surface area contributed by atoms with Crippen molar-refractivity contribution in [1.29, 1.82) is 0 Å². The van der Waals surface area contributed by atoms with Gasteiger partial charge in [0.2, 0.25) is 0 Å². The van der Waals surface area contributed by atoms with Crippen LogP contribution in [0.4, 0.5) is 0 Å². The van der Waals surface area contributed by atoms with Crippen molar-refractivity contribution in [2.45, 2.75) is 13.5 Å². The predicted octanol–water partition coefficient (Wildman–Crippen LogP) is 3.71. The number of benzene rings is 2. The standard InChI is InChI=1S/C18H15NO4/c1-12-10-16(19-23-12)11-22-18(21)15-4-2-13(3-5-15)14-6-8-17(20)9-7-14/h2-10,20H,11H2,1H3. The van der Waals surface area contributed by atoms with Crippen LogP contribution in [-0.2, 0) is 11.3 Å². The first-order chi connectivity index (χ1) is 11.1. The van der Waals surface area contributed by atoms with Crippen molar-refractivity contribution in [1.82, 2.24) is 5.16 Å². The van der Waals surface area contributed by atoms with Crippen molar-refractivity contribution in [3.05, 3.63) is 71.6 Å². The lowest BCUT2D eigenvalue weighted by atomic mass is 10.0. The van der Waals surface area contributed by atoms with E-state index in [9.17, 15) is 9.90 Å². The molecule has 1 heterocycles. The Kier molecular flexibility index (Phi) is 4.10. The van der Waals surface area contributed by atoms with Crippen molar-refractivity contribution in [3.63, 3.8) is 0 Å². The number of aromatic nitrogens is 1. The summed E-state index contributed by atoms with van der Waals surface area (Å²) in [6.07, 6.45) is 0. The zero-order valence-corrected chi connectivity index (χ0v) is 12.5. The minimum absolute atomic E-state index is 0.0793. The molecule has 3 rings (SSSR count). The second-order valence-corrected chi connectivity index (χ2v) is 5.13. The Morgan fingerprint density at radius 1 is 1.09 bits per heavy atom. The second kappa shape index (κ2) is 6.36. The number of carbonyl (C=O) groups is 1. The molecule has 0 aliphatic carbocycles. The highest BCUT2D eigenvalue weighted by molar-refractivity contribution is 5.90. The lowest BCUT2D eigenvalue weighted by Gasteiger charge is -2.05. The average Bonchev–Trinajstić information content (AvgIpc) is 2.99. The van der Waals surface area contributed by atoms with Gasteiger partial charge in [-0.25, -0.2) is 4.79 Å². The predicted molar refractivity (Wildman–Crippen MR) is 83.9 cm³/mol. The van der Waals surface area contributed by atoms with E-state index in [1.807, 2.05) is 24.3 Å². The molecule has 0 fully saturated rings. The van der Waals surface area contributed by atoms with Gasteiger partial charge >= 0.3 is 5.97 Å². The van der Waals surface area contributed by atoms with E-state index in [0.29, 0.717) is 17.0 Å². The van der Waals surface area contributed by atoms with E-state index in [1.54, 1.807) is 37.3 Å². The van der Waals surface area contributed by atoms with E-state index in [1.165, 1.54) is 0 Å². The molecule has 0 spiro atoms. The lowest BCUT2D eigenvalue weighted by molar-refractivity contribution is 0.0464. The van der Waals surface area contributed by atoms with Crippen LogP contribution in [0.1, 0.15) is 21.8 Å². The second-order valence-electron chi connectivity index (χ2n) is 5.13. The molecule has 5 heteroatoms. The normalized spacial score (nSPS) is 10.5. The summed E-state index contributed by atoms with van der Waals surface area (Å²) in [5.74, 6) is 0.481. The van der Waals surface area contributed by atoms with Crippen LogP contribution in [-0.4, -0.2) is 16.2 Å². The first-order valence-corrected chi connectivity index (χ1v) is 7.10. The minimum Gasteiger partial charge on any atom is -0.508 e. The van der Waals surface area contributed by atoms with Crippen LogP contribution >= 0.6 is 0 Å². The smallest absolute Gasteiger partial charge is 0.338 e. The van der Waals surface area contributed by atoms with Gasteiger partial charge in [0.1, 0.15) is 23.8 Å². The SMILES string of the molecule is Cc1cc(COC(=O)c2ccc(-c3ccc(O)cc3)cc2)no1. The molecule has 0 unspecified atom stereocenters. The molecule has 0 amide bonds. The van der Waals surface area contributed by atoms with Gasteiger partial charge < -0.3 is 14.4 Å². The highest BCUT2D eigenvalue weighted by atomic mass is 16.5. The zero-order valence-electron chi connectivity index (χ0n) is 12.5. The van der Waals surface area contributed by atoms with Crippen molar-refractivity contribution in [2.75, 3.05) is 0 Å². The number of carbonyl (C=O) groups excluding carboxylic acids is 1. The number of hydrogen-bond acceptors (Lipinski definition) is 5. The molecule has 0 radical (unpaired) electrons. The van der Waals surface area contributed by atoms with E-state index in [2.05, 4.69) is 5.16 Å². The van der Waals surface area contributed by atoms with Gasteiger partial charge in [0.25, 0.3) is 0 Å². The molecule has 23 heavy (non-hydrogen) atoms. The number of esters is 1. The van der Waals surface area contributed by atoms with Gasteiger partial charge in [0.15, 0.2) is 0 Å². The van der Waals surface area contributed by atoms with Crippen LogP contribution in [0.15, 0.2) is 59.1 Å². The van der Waals surface area contributed by atoms with E-state index >= 15 is 0 Å². The summed E-state index contributed by atoms with van der Waals surface area (Å²) in [4.78, 5) is 12.0. The zero-order chi connectivity index (χ0) is 16.2. The summed E-state index contributed by atoms with van der Waals surface area (Å²) in [6.45, 7) is 1.86. The van der Waals surface area contributed by atoms with Gasteiger partial charge in [-0.2, -0.15) is 0 Å². The molecule has 116 valence electrons. The summed E-state index contributed by atoms with van der Waals surface area (Å²) in [6, 6.07) is 15.7. The number of nitrogens with zero attached hydrogens (tertiary/aromatic N) is 1. The maximum absolute atomic E-state index is 12.0. The Bertz CT molecular complexity index is 804. The maximum Gasteiger partial charge on any atom is 0.338 e. The van der Waals surface area contributed by atoms with E-state index in [0.717, 1.165) is 11.1 Å². The summed E-state index contributed by atoms with van der Waals surface area (Å²) in [5.41, 5.74) is 2.96. The number of phenolic OH excluding ortho intramolecular Hbond substituents is 1. The largest absolute Gasteiger partial charge is 0.508 e. The van der Waals surface area contributed by atoms with E-state index in [-0.39, 0.29) is 12.4 Å². The molecular weight excluding hydrogens is 294 g/mol. The monoisotopic (exact) mass is 309 g/mol. The van der Waals surface area contributed by atoms with Crippen LogP contribution < -0.4 is 0 Å². The maximum atomic E-state index is 12.0. The number of ether oxygens (including phenoxy) is 1. The first-order valence-electron chi connectivity index (χ1n) is 7.10. The third kappa shape index (κ3) is 3.58. The van der Waals surface area contributed by atoms with Crippen LogP contribution in [0.2, 0.25) is 0 Å². The van der Waals surface area contributed by atoms with Crippen LogP contribution in [0.5, 0.6) is 5.75 Å². The van der Waals surface area contributed by atoms with E-state index in [4.69, 9.17) is 9.26 Å². The number of hydrogen-bond donors (Lipinski definition) is 1. The van der Waals surface area contributed by atoms with Gasteiger partial charge in [0.05, 0.1) is 5.56 Å². The quantitative estimate of drug-likeness (QED) is 0.744. The Hall–Kier alpha value is -3.08. The van der Waals surface area contributed by atoms with Gasteiger partial charge in [-0.3, -0.25) is 0 Å². The van der Waals surface area contributed by atoms with Crippen molar-refractivity contribution in [2.24, 2.45) is 0 Å². The molecule has 0 atom stereocenters. The number of rotatable bonds is 4. The highest BCUT2D eigenvalue weighted by Gasteiger charge is 2.09. The topological polar surface area (TPSA) is 72.6 Å². The Morgan fingerprint density at radius 2 is 1.70 bits per heavy atom. The summed E-state index contributed by atoms with van der Waals surface area (Å²) in [7, 11) is 0. The summed E-state index contributed by atoms with van der Waals surface area (Å²) >= 11 is 0. The third-order valence-electron chi connectivity index (χ3n) is 3.35. The number of aromatic hydroxyl groups is 1. The fourth-order valence-electron chi connectivity index (χ4n) is 2.16. The van der Waals surface area contributed by atoms with Crippen molar-refractivity contribution in [3.8, 4) is 16.9 Å². The number of phenols is 1. The van der Waals surface area contributed by atoms with Crippen molar-refractivity contribution < 1.29 is 19.2 Å². The fourth-order valence-corrected chi connectivity index (χ4v) is 2.16. The average molecular weight is 309 g/mol. The third-order valence-corrected chi connectivity index (χ3v) is 3.35. The van der Waals surface area contributed by atoms with Crippen LogP contribution in [0.25, 0.3) is 11.1 Å². The molecule has 0 aliphatic heterocycles. The number of aryl methyl sites for hydroxylation is 1. The highest BCUT2D eigenvalue weighted by Crippen LogP contribution is 2.22. The van der Waals surface area contributed by atoms with Crippen molar-refractivity contribution >= 4 is 5.97 Å². The molecule has 0 saturated heterocycles. The van der Waals surface area contributed by atoms with E-state index < -0.39 is 5.97 Å². The first kappa shape index (κ1) is 14.8. The lowest BCUT2D eigenvalue weighted by Crippen LogP contribution is -2.05. The molecule has 0 bridgehead atoms. The fraction of sp³-hybridized carbons (Fsp3) is 0.111. The molecule has 0 aliphatic rings. The molecule has 1 N–H and O–H groups in total. The van der Waals surface area contributed by atoms with Gasteiger partial charge in [-0.15, -0.1) is 0 Å². The van der Waals surface area contributed by atoms with Crippen LogP contribution in [0, 0.1) is 6.92 Å². The molecule has 2 aromatic carbocycles. The molecule has 5 nitrogen and oxygen atoms in total. The minimum atomic E-state index is -0.414. The molecule has 3 aromatic rings. The Balaban J connectivity index is 1.66. The van der Waals surface area contributed by atoms with Crippen LogP contribution in [0.3, 0.4) is 0 Å². The van der Waals surface area contributed by atoms with Gasteiger partial charge in [-0.05, 0) is 42.3 Å². The Morgan fingerprint density at radius 3 is 2.26 bits per heavy atom. The van der Waals surface area contributed by atoms with Gasteiger partial charge in [0, 0.05) is 6.07 Å². The molecule has 1 aromatic heterocycles. The molecule has 0 saturated carbocycles. The Labute approximate surface area is 133 Å². The molecular formula is C18H15NO4. The summed E-state index contributed by atoms with van der Waals surface area (Å²) in [5, 5.41) is 13.1. The van der Waals surface area contributed by atoms with Gasteiger partial charge in [-0.1, -0.05) is 29.4 Å².